The van der Waals surface area contributed by atoms with Crippen molar-refractivity contribution in [2.24, 2.45) is 0 Å². The largest absolute Gasteiger partial charge is 0.494 e. The summed E-state index contributed by atoms with van der Waals surface area (Å²) < 4.78 is 15.6. The van der Waals surface area contributed by atoms with Crippen molar-refractivity contribution >= 4 is 23.0 Å². The van der Waals surface area contributed by atoms with Crippen LogP contribution in [0.4, 0.5) is 4.79 Å². The van der Waals surface area contributed by atoms with Gasteiger partial charge in [0.2, 0.25) is 0 Å². The van der Waals surface area contributed by atoms with E-state index < -0.39 is 5.63 Å². The summed E-state index contributed by atoms with van der Waals surface area (Å²) in [5.41, 5.74) is 0.000464. The first-order chi connectivity index (χ1) is 13.0. The van der Waals surface area contributed by atoms with Gasteiger partial charge in [0.25, 0.3) is 5.91 Å². The quantitative estimate of drug-likeness (QED) is 0.762. The highest BCUT2D eigenvalue weighted by Gasteiger charge is 2.27. The molecule has 2 aromatic rings. The summed E-state index contributed by atoms with van der Waals surface area (Å²) in [6, 6.07) is 6.27. The summed E-state index contributed by atoms with van der Waals surface area (Å²) in [4.78, 5) is 39.9. The van der Waals surface area contributed by atoms with Gasteiger partial charge in [0.1, 0.15) is 11.3 Å². The van der Waals surface area contributed by atoms with Crippen LogP contribution in [0.5, 0.6) is 5.75 Å². The number of amides is 2. The first-order valence-corrected chi connectivity index (χ1v) is 8.95. The molecule has 27 heavy (non-hydrogen) atoms. The Balaban J connectivity index is 1.82. The van der Waals surface area contributed by atoms with Crippen molar-refractivity contribution in [3.8, 4) is 5.75 Å². The maximum absolute atomic E-state index is 13.0. The Morgan fingerprint density at radius 3 is 2.41 bits per heavy atom. The fourth-order valence-corrected chi connectivity index (χ4v) is 3.05. The topological polar surface area (TPSA) is 89.3 Å². The molecule has 2 amide bonds. The van der Waals surface area contributed by atoms with Gasteiger partial charge in [-0.15, -0.1) is 0 Å². The molecule has 0 saturated carbocycles. The van der Waals surface area contributed by atoms with Gasteiger partial charge < -0.3 is 23.7 Å². The monoisotopic (exact) mass is 374 g/mol. The number of hydrogen-bond acceptors (Lipinski definition) is 6. The molecular formula is C19H22N2O6. The first-order valence-electron chi connectivity index (χ1n) is 8.95. The minimum atomic E-state index is -0.593. The number of benzene rings is 1. The second kappa shape index (κ2) is 8.11. The van der Waals surface area contributed by atoms with Crippen LogP contribution in [0.1, 0.15) is 24.2 Å². The number of nitrogens with zero attached hydrogens (tertiary/aromatic N) is 2. The zero-order chi connectivity index (χ0) is 19.4. The number of rotatable bonds is 4. The van der Waals surface area contributed by atoms with Crippen LogP contribution < -0.4 is 10.4 Å². The first kappa shape index (κ1) is 18.8. The summed E-state index contributed by atoms with van der Waals surface area (Å²) in [5.74, 6) is 0.307. The molecule has 0 radical (unpaired) electrons. The van der Waals surface area contributed by atoms with E-state index >= 15 is 0 Å². The molecule has 1 saturated heterocycles. The molecule has 1 aromatic carbocycles. The third-order valence-electron chi connectivity index (χ3n) is 4.35. The highest BCUT2D eigenvalue weighted by atomic mass is 16.6. The molecule has 0 bridgehead atoms. The Morgan fingerprint density at radius 2 is 1.74 bits per heavy atom. The number of ether oxygens (including phenoxy) is 2. The average Bonchev–Trinajstić information content (AvgIpc) is 2.67. The van der Waals surface area contributed by atoms with Crippen LogP contribution in [0.2, 0.25) is 0 Å². The minimum absolute atomic E-state index is 0.263. The third kappa shape index (κ3) is 4.05. The summed E-state index contributed by atoms with van der Waals surface area (Å²) in [7, 11) is 0. The summed E-state index contributed by atoms with van der Waals surface area (Å²) in [6.45, 7) is 5.92. The van der Waals surface area contributed by atoms with Crippen molar-refractivity contribution in [3.63, 3.8) is 0 Å². The van der Waals surface area contributed by atoms with Crippen LogP contribution in [-0.2, 0) is 4.74 Å². The molecule has 1 aliphatic rings. The molecular weight excluding hydrogens is 352 g/mol. The van der Waals surface area contributed by atoms with Crippen molar-refractivity contribution in [2.45, 2.75) is 13.8 Å². The molecule has 8 heteroatoms. The Kier molecular flexibility index (Phi) is 5.63. The number of hydrogen-bond donors (Lipinski definition) is 0. The zero-order valence-electron chi connectivity index (χ0n) is 15.4. The van der Waals surface area contributed by atoms with Gasteiger partial charge in [-0.3, -0.25) is 4.79 Å². The lowest BCUT2D eigenvalue weighted by atomic mass is 10.1. The van der Waals surface area contributed by atoms with Crippen LogP contribution in [0.15, 0.2) is 33.5 Å². The molecule has 0 spiro atoms. The zero-order valence-corrected chi connectivity index (χ0v) is 15.4. The van der Waals surface area contributed by atoms with E-state index in [0.29, 0.717) is 56.1 Å². The van der Waals surface area contributed by atoms with Crippen LogP contribution in [0.3, 0.4) is 0 Å². The van der Waals surface area contributed by atoms with E-state index in [4.69, 9.17) is 13.9 Å². The van der Waals surface area contributed by atoms with Gasteiger partial charge in [0, 0.05) is 43.7 Å². The van der Waals surface area contributed by atoms with Crippen molar-refractivity contribution < 1.29 is 23.5 Å². The molecule has 144 valence electrons. The van der Waals surface area contributed by atoms with Gasteiger partial charge in [-0.1, -0.05) is 0 Å². The molecule has 0 unspecified atom stereocenters. The van der Waals surface area contributed by atoms with Gasteiger partial charge in [-0.05, 0) is 26.0 Å². The van der Waals surface area contributed by atoms with E-state index in [1.54, 1.807) is 34.9 Å². The minimum Gasteiger partial charge on any atom is -0.494 e. The van der Waals surface area contributed by atoms with E-state index in [-0.39, 0.29) is 17.6 Å². The normalized spacial score (nSPS) is 14.3. The lowest BCUT2D eigenvalue weighted by molar-refractivity contribution is 0.0571. The Labute approximate surface area is 156 Å². The van der Waals surface area contributed by atoms with Crippen LogP contribution in [-0.4, -0.2) is 61.2 Å². The van der Waals surface area contributed by atoms with E-state index in [1.807, 2.05) is 6.92 Å². The van der Waals surface area contributed by atoms with E-state index in [1.165, 1.54) is 6.07 Å². The SMILES string of the molecule is CCOC(=O)N1CCN(C(=O)c2cc(=O)oc3cc(OCC)ccc23)CC1. The predicted octanol–water partition coefficient (Wildman–Crippen LogP) is 2.11. The summed E-state index contributed by atoms with van der Waals surface area (Å²) in [5, 5.41) is 0.552. The second-order valence-electron chi connectivity index (χ2n) is 6.05. The number of fused-ring (bicyclic) bond motifs is 1. The van der Waals surface area contributed by atoms with Crippen LogP contribution in [0, 0.1) is 0 Å². The van der Waals surface area contributed by atoms with E-state index in [0.717, 1.165) is 0 Å². The van der Waals surface area contributed by atoms with Gasteiger partial charge >= 0.3 is 11.7 Å². The molecule has 2 heterocycles. The third-order valence-corrected chi connectivity index (χ3v) is 4.35. The second-order valence-corrected chi connectivity index (χ2v) is 6.05. The Morgan fingerprint density at radius 1 is 1.04 bits per heavy atom. The van der Waals surface area contributed by atoms with Crippen molar-refractivity contribution in [1.82, 2.24) is 9.80 Å². The Bertz CT molecular complexity index is 899. The number of piperazine rings is 1. The highest BCUT2D eigenvalue weighted by Crippen LogP contribution is 2.24. The lowest BCUT2D eigenvalue weighted by Crippen LogP contribution is -2.50. The highest BCUT2D eigenvalue weighted by molar-refractivity contribution is 6.05. The van der Waals surface area contributed by atoms with E-state index in [9.17, 15) is 14.4 Å². The molecule has 1 aromatic heterocycles. The van der Waals surface area contributed by atoms with E-state index in [2.05, 4.69) is 0 Å². The van der Waals surface area contributed by atoms with Crippen molar-refractivity contribution in [3.05, 3.63) is 40.2 Å². The maximum atomic E-state index is 13.0. The smallest absolute Gasteiger partial charge is 0.409 e. The molecule has 0 atom stereocenters. The van der Waals surface area contributed by atoms with Crippen molar-refractivity contribution in [1.29, 1.82) is 0 Å². The fourth-order valence-electron chi connectivity index (χ4n) is 3.05. The van der Waals surface area contributed by atoms with Gasteiger partial charge in [-0.25, -0.2) is 9.59 Å². The standard InChI is InChI=1S/C19H22N2O6/c1-3-25-13-5-6-14-15(12-17(22)27-16(14)11-13)18(23)20-7-9-21(10-8-20)19(24)26-4-2/h5-6,11-12H,3-4,7-10H2,1-2H3. The summed E-state index contributed by atoms with van der Waals surface area (Å²) in [6.07, 6.45) is -0.376. The average molecular weight is 374 g/mol. The molecule has 0 N–H and O–H groups in total. The Hall–Kier alpha value is -3.03. The number of carbonyl (C=O) groups excluding carboxylic acids is 2. The fraction of sp³-hybridized carbons (Fsp3) is 0.421. The molecule has 1 aliphatic heterocycles. The lowest BCUT2D eigenvalue weighted by Gasteiger charge is -2.34. The molecule has 8 nitrogen and oxygen atoms in total. The molecule has 3 rings (SSSR count). The van der Waals surface area contributed by atoms with Gasteiger partial charge in [0.05, 0.1) is 18.8 Å². The molecule has 0 aliphatic carbocycles. The number of carbonyl (C=O) groups is 2. The van der Waals surface area contributed by atoms with Crippen molar-refractivity contribution in [2.75, 3.05) is 39.4 Å². The maximum Gasteiger partial charge on any atom is 0.409 e. The van der Waals surface area contributed by atoms with Gasteiger partial charge in [-0.2, -0.15) is 0 Å². The van der Waals surface area contributed by atoms with Crippen LogP contribution in [0.25, 0.3) is 11.0 Å². The summed E-state index contributed by atoms with van der Waals surface area (Å²) >= 11 is 0. The predicted molar refractivity (Wildman–Crippen MR) is 98.2 cm³/mol. The molecule has 1 fully saturated rings. The van der Waals surface area contributed by atoms with Crippen LogP contribution >= 0.6 is 0 Å². The van der Waals surface area contributed by atoms with Gasteiger partial charge in [0.15, 0.2) is 0 Å².